The summed E-state index contributed by atoms with van der Waals surface area (Å²) >= 11 is 0. The average Bonchev–Trinajstić information content (AvgIpc) is 3.36. The molecule has 4 rings (SSSR count). The lowest BCUT2D eigenvalue weighted by Crippen LogP contribution is -2.46. The van der Waals surface area contributed by atoms with Gasteiger partial charge in [-0.05, 0) is 44.9 Å². The fourth-order valence-corrected chi connectivity index (χ4v) is 3.80. The van der Waals surface area contributed by atoms with E-state index in [9.17, 15) is 9.18 Å². The zero-order valence-electron chi connectivity index (χ0n) is 16.0. The maximum absolute atomic E-state index is 13.7. The van der Waals surface area contributed by atoms with Gasteiger partial charge < -0.3 is 9.80 Å². The quantitative estimate of drug-likeness (QED) is 0.679. The molecule has 0 unspecified atom stereocenters. The van der Waals surface area contributed by atoms with E-state index in [4.69, 9.17) is 0 Å². The van der Waals surface area contributed by atoms with Gasteiger partial charge in [0, 0.05) is 32.0 Å². The molecule has 28 heavy (non-hydrogen) atoms. The van der Waals surface area contributed by atoms with Crippen molar-refractivity contribution >= 4 is 17.4 Å². The SMILES string of the molecule is CCN(CC)C(=O)[C@@H]1CCCN1c1ccnc(-c2cnc3ccc(F)cn23)n1. The summed E-state index contributed by atoms with van der Waals surface area (Å²) in [5, 5.41) is 0. The number of aromatic nitrogens is 4. The third kappa shape index (κ3) is 3.19. The number of anilines is 1. The summed E-state index contributed by atoms with van der Waals surface area (Å²) in [7, 11) is 0. The zero-order chi connectivity index (χ0) is 19.7. The number of imidazole rings is 1. The molecule has 8 heteroatoms. The van der Waals surface area contributed by atoms with Gasteiger partial charge in [-0.2, -0.15) is 0 Å². The van der Waals surface area contributed by atoms with Crippen LogP contribution in [0.15, 0.2) is 36.8 Å². The van der Waals surface area contributed by atoms with Gasteiger partial charge in [0.2, 0.25) is 5.91 Å². The van der Waals surface area contributed by atoms with Crippen LogP contribution in [0, 0.1) is 5.82 Å². The van der Waals surface area contributed by atoms with Crippen molar-refractivity contribution in [3.05, 3.63) is 42.6 Å². The van der Waals surface area contributed by atoms with E-state index in [1.807, 2.05) is 24.8 Å². The lowest BCUT2D eigenvalue weighted by Gasteiger charge is -2.29. The number of fused-ring (bicyclic) bond motifs is 1. The molecular weight excluding hydrogens is 359 g/mol. The number of hydrogen-bond donors (Lipinski definition) is 0. The third-order valence-corrected chi connectivity index (χ3v) is 5.25. The summed E-state index contributed by atoms with van der Waals surface area (Å²) < 4.78 is 15.3. The van der Waals surface area contributed by atoms with Gasteiger partial charge in [0.15, 0.2) is 5.82 Å². The summed E-state index contributed by atoms with van der Waals surface area (Å²) in [5.41, 5.74) is 1.24. The van der Waals surface area contributed by atoms with Crippen LogP contribution in [0.1, 0.15) is 26.7 Å². The molecular formula is C20H23FN6O. The summed E-state index contributed by atoms with van der Waals surface area (Å²) in [5.74, 6) is 0.947. The highest BCUT2D eigenvalue weighted by Gasteiger charge is 2.34. The Labute approximate surface area is 162 Å². The first-order chi connectivity index (χ1) is 13.6. The van der Waals surface area contributed by atoms with E-state index < -0.39 is 0 Å². The van der Waals surface area contributed by atoms with Gasteiger partial charge in [-0.1, -0.05) is 0 Å². The molecule has 1 saturated heterocycles. The van der Waals surface area contributed by atoms with Gasteiger partial charge >= 0.3 is 0 Å². The fourth-order valence-electron chi connectivity index (χ4n) is 3.80. The molecule has 1 amide bonds. The molecule has 0 saturated carbocycles. The van der Waals surface area contributed by atoms with Crippen molar-refractivity contribution in [2.24, 2.45) is 0 Å². The first-order valence-corrected chi connectivity index (χ1v) is 9.63. The van der Waals surface area contributed by atoms with Crippen LogP contribution in [0.4, 0.5) is 10.2 Å². The number of hydrogen-bond acceptors (Lipinski definition) is 5. The number of pyridine rings is 1. The molecule has 1 atom stereocenters. The average molecular weight is 382 g/mol. The second-order valence-corrected chi connectivity index (χ2v) is 6.82. The van der Waals surface area contributed by atoms with Gasteiger partial charge in [-0.3, -0.25) is 9.20 Å². The maximum Gasteiger partial charge on any atom is 0.245 e. The van der Waals surface area contributed by atoms with Gasteiger partial charge in [-0.15, -0.1) is 0 Å². The standard InChI is InChI=1S/C20H23FN6O/c1-3-25(4-2)20(28)15-6-5-11-26(15)18-9-10-22-19(24-18)16-12-23-17-8-7-14(21)13-27(16)17/h7-10,12-13,15H,3-6,11H2,1-2H3/t15-/m0/s1. The lowest BCUT2D eigenvalue weighted by atomic mass is 10.2. The summed E-state index contributed by atoms with van der Waals surface area (Å²) in [4.78, 5) is 30.1. The van der Waals surface area contributed by atoms with Crippen LogP contribution in [0.2, 0.25) is 0 Å². The third-order valence-electron chi connectivity index (χ3n) is 5.25. The highest BCUT2D eigenvalue weighted by atomic mass is 19.1. The van der Waals surface area contributed by atoms with Crippen LogP contribution in [0.5, 0.6) is 0 Å². The lowest BCUT2D eigenvalue weighted by molar-refractivity contribution is -0.132. The van der Waals surface area contributed by atoms with Gasteiger partial charge in [-0.25, -0.2) is 19.3 Å². The highest BCUT2D eigenvalue weighted by molar-refractivity contribution is 5.85. The predicted octanol–water partition coefficient (Wildman–Crippen LogP) is 2.77. The summed E-state index contributed by atoms with van der Waals surface area (Å²) in [6.45, 7) is 6.15. The Morgan fingerprint density at radius 3 is 2.86 bits per heavy atom. The van der Waals surface area contributed by atoms with Crippen LogP contribution < -0.4 is 4.90 Å². The number of rotatable bonds is 5. The smallest absolute Gasteiger partial charge is 0.245 e. The molecule has 0 radical (unpaired) electrons. The molecule has 1 aliphatic rings. The Bertz CT molecular complexity index is 999. The van der Waals surface area contributed by atoms with Crippen molar-refractivity contribution in [1.29, 1.82) is 0 Å². The molecule has 1 aliphatic heterocycles. The van der Waals surface area contributed by atoms with E-state index in [2.05, 4.69) is 19.9 Å². The molecule has 0 aliphatic carbocycles. The van der Waals surface area contributed by atoms with Crippen molar-refractivity contribution in [2.45, 2.75) is 32.7 Å². The molecule has 0 aromatic carbocycles. The van der Waals surface area contributed by atoms with Crippen molar-refractivity contribution < 1.29 is 9.18 Å². The van der Waals surface area contributed by atoms with Gasteiger partial charge in [0.1, 0.15) is 29.0 Å². The zero-order valence-corrected chi connectivity index (χ0v) is 16.0. The first-order valence-electron chi connectivity index (χ1n) is 9.63. The Morgan fingerprint density at radius 1 is 1.25 bits per heavy atom. The van der Waals surface area contributed by atoms with Crippen LogP contribution in [-0.4, -0.2) is 55.8 Å². The van der Waals surface area contributed by atoms with E-state index in [1.54, 1.807) is 22.9 Å². The molecule has 0 spiro atoms. The topological polar surface area (TPSA) is 66.6 Å². The maximum atomic E-state index is 13.7. The van der Waals surface area contributed by atoms with Gasteiger partial charge in [0.25, 0.3) is 0 Å². The normalized spacial score (nSPS) is 16.7. The molecule has 3 aromatic heterocycles. The monoisotopic (exact) mass is 382 g/mol. The van der Waals surface area contributed by atoms with E-state index in [1.165, 1.54) is 12.3 Å². The second-order valence-electron chi connectivity index (χ2n) is 6.82. The molecule has 3 aromatic rings. The van der Waals surface area contributed by atoms with Crippen LogP contribution in [-0.2, 0) is 4.79 Å². The molecule has 146 valence electrons. The van der Waals surface area contributed by atoms with E-state index in [0.29, 0.717) is 36.1 Å². The molecule has 0 bridgehead atoms. The number of amides is 1. The van der Waals surface area contributed by atoms with Crippen molar-refractivity contribution in [2.75, 3.05) is 24.5 Å². The van der Waals surface area contributed by atoms with Crippen molar-refractivity contribution in [3.63, 3.8) is 0 Å². The number of halogens is 1. The highest BCUT2D eigenvalue weighted by Crippen LogP contribution is 2.27. The Hall–Kier alpha value is -3.03. The largest absolute Gasteiger partial charge is 0.344 e. The van der Waals surface area contributed by atoms with Crippen LogP contribution >= 0.6 is 0 Å². The molecule has 1 fully saturated rings. The van der Waals surface area contributed by atoms with Crippen LogP contribution in [0.25, 0.3) is 17.2 Å². The Balaban J connectivity index is 1.68. The minimum atomic E-state index is -0.354. The van der Waals surface area contributed by atoms with Crippen molar-refractivity contribution in [3.8, 4) is 11.5 Å². The van der Waals surface area contributed by atoms with Crippen LogP contribution in [0.3, 0.4) is 0 Å². The summed E-state index contributed by atoms with van der Waals surface area (Å²) in [6.07, 6.45) is 6.44. The second kappa shape index (κ2) is 7.53. The van der Waals surface area contributed by atoms with E-state index in [-0.39, 0.29) is 17.8 Å². The number of nitrogens with zero attached hydrogens (tertiary/aromatic N) is 6. The first kappa shape index (κ1) is 18.3. The van der Waals surface area contributed by atoms with E-state index in [0.717, 1.165) is 19.4 Å². The van der Waals surface area contributed by atoms with Crippen molar-refractivity contribution in [1.82, 2.24) is 24.3 Å². The van der Waals surface area contributed by atoms with E-state index >= 15 is 0 Å². The minimum Gasteiger partial charge on any atom is -0.344 e. The fraction of sp³-hybridized carbons (Fsp3) is 0.400. The minimum absolute atomic E-state index is 0.138. The van der Waals surface area contributed by atoms with Gasteiger partial charge in [0.05, 0.1) is 6.20 Å². The summed E-state index contributed by atoms with van der Waals surface area (Å²) in [6, 6.07) is 4.60. The number of carbonyl (C=O) groups is 1. The number of carbonyl (C=O) groups excluding carboxylic acids is 1. The Morgan fingerprint density at radius 2 is 2.07 bits per heavy atom. The molecule has 7 nitrogen and oxygen atoms in total. The number of likely N-dealkylation sites (N-methyl/N-ethyl adjacent to an activating group) is 1. The Kier molecular flexibility index (Phi) is 4.93. The molecule has 4 heterocycles. The molecule has 0 N–H and O–H groups in total. The predicted molar refractivity (Wildman–Crippen MR) is 104 cm³/mol.